The lowest BCUT2D eigenvalue weighted by Gasteiger charge is -2.29. The van der Waals surface area contributed by atoms with E-state index in [9.17, 15) is 4.79 Å². The molecule has 1 saturated carbocycles. The van der Waals surface area contributed by atoms with E-state index in [1.807, 2.05) is 91.8 Å². The zero-order chi connectivity index (χ0) is 26.3. The van der Waals surface area contributed by atoms with E-state index in [4.69, 9.17) is 14.7 Å². The lowest BCUT2D eigenvalue weighted by Crippen LogP contribution is -2.34. The van der Waals surface area contributed by atoms with E-state index in [1.165, 1.54) is 0 Å². The first kappa shape index (κ1) is 25.5. The van der Waals surface area contributed by atoms with Crippen molar-refractivity contribution in [1.29, 1.82) is 0 Å². The van der Waals surface area contributed by atoms with Gasteiger partial charge in [0.15, 0.2) is 0 Å². The van der Waals surface area contributed by atoms with Gasteiger partial charge in [0, 0.05) is 32.1 Å². The van der Waals surface area contributed by atoms with Crippen molar-refractivity contribution >= 4 is 28.6 Å². The number of hydrogen-bond donors (Lipinski definition) is 2. The SMILES string of the molecule is CN(C)c1nc(N[C@H]2CC[C@@H](CNC(=O)Cc3cccc(Oc4ccccc4)c3)CC2)nc2ccccc12. The van der Waals surface area contributed by atoms with Gasteiger partial charge in [-0.2, -0.15) is 4.98 Å². The van der Waals surface area contributed by atoms with Gasteiger partial charge in [0.2, 0.25) is 11.9 Å². The second kappa shape index (κ2) is 11.9. The summed E-state index contributed by atoms with van der Waals surface area (Å²) in [4.78, 5) is 24.2. The van der Waals surface area contributed by atoms with E-state index in [2.05, 4.69) is 16.7 Å². The van der Waals surface area contributed by atoms with Gasteiger partial charge in [0.1, 0.15) is 17.3 Å². The average Bonchev–Trinajstić information content (AvgIpc) is 2.93. The number of benzene rings is 3. The first-order valence-corrected chi connectivity index (χ1v) is 13.3. The zero-order valence-corrected chi connectivity index (χ0v) is 22.1. The molecule has 38 heavy (non-hydrogen) atoms. The molecule has 4 aromatic rings. The summed E-state index contributed by atoms with van der Waals surface area (Å²) in [7, 11) is 4.01. The van der Waals surface area contributed by atoms with Gasteiger partial charge in [-0.1, -0.05) is 42.5 Å². The number of rotatable bonds is 9. The highest BCUT2D eigenvalue weighted by Crippen LogP contribution is 2.28. The molecule has 0 bridgehead atoms. The van der Waals surface area contributed by atoms with Crippen molar-refractivity contribution < 1.29 is 9.53 Å². The van der Waals surface area contributed by atoms with E-state index in [-0.39, 0.29) is 5.91 Å². The first-order valence-electron chi connectivity index (χ1n) is 13.3. The molecule has 5 rings (SSSR count). The van der Waals surface area contributed by atoms with Crippen LogP contribution in [-0.2, 0) is 11.2 Å². The maximum Gasteiger partial charge on any atom is 0.225 e. The van der Waals surface area contributed by atoms with Crippen LogP contribution in [0.4, 0.5) is 11.8 Å². The fourth-order valence-electron chi connectivity index (χ4n) is 5.01. The Bertz CT molecular complexity index is 1370. The smallest absolute Gasteiger partial charge is 0.225 e. The number of fused-ring (bicyclic) bond motifs is 1. The van der Waals surface area contributed by atoms with Gasteiger partial charge in [-0.15, -0.1) is 0 Å². The monoisotopic (exact) mass is 509 g/mol. The molecule has 1 amide bonds. The third-order valence-electron chi connectivity index (χ3n) is 7.02. The van der Waals surface area contributed by atoms with Crippen LogP contribution < -0.4 is 20.3 Å². The average molecular weight is 510 g/mol. The van der Waals surface area contributed by atoms with E-state index in [0.717, 1.165) is 59.5 Å². The predicted octanol–water partition coefficient (Wildman–Crippen LogP) is 5.82. The number of nitrogens with one attached hydrogen (secondary N) is 2. The number of ether oxygens (including phenoxy) is 1. The normalized spacial score (nSPS) is 17.1. The summed E-state index contributed by atoms with van der Waals surface area (Å²) in [6, 6.07) is 25.8. The second-order valence-corrected chi connectivity index (χ2v) is 10.2. The maximum atomic E-state index is 12.6. The molecule has 1 aromatic heterocycles. The summed E-state index contributed by atoms with van der Waals surface area (Å²) in [5, 5.41) is 7.76. The van der Waals surface area contributed by atoms with Crippen molar-refractivity contribution in [2.45, 2.75) is 38.1 Å². The van der Waals surface area contributed by atoms with Gasteiger partial charge in [-0.3, -0.25) is 4.79 Å². The second-order valence-electron chi connectivity index (χ2n) is 10.2. The highest BCUT2D eigenvalue weighted by molar-refractivity contribution is 5.90. The highest BCUT2D eigenvalue weighted by Gasteiger charge is 2.23. The van der Waals surface area contributed by atoms with Gasteiger partial charge in [0.25, 0.3) is 0 Å². The van der Waals surface area contributed by atoms with Crippen molar-refractivity contribution in [3.63, 3.8) is 0 Å². The molecule has 7 heteroatoms. The van der Waals surface area contributed by atoms with Crippen molar-refractivity contribution in [1.82, 2.24) is 15.3 Å². The number of carbonyl (C=O) groups is 1. The van der Waals surface area contributed by atoms with Gasteiger partial charge >= 0.3 is 0 Å². The summed E-state index contributed by atoms with van der Waals surface area (Å²) in [6.07, 6.45) is 4.54. The van der Waals surface area contributed by atoms with Crippen molar-refractivity contribution in [3.8, 4) is 11.5 Å². The Labute approximate surface area is 224 Å². The molecule has 1 fully saturated rings. The number of anilines is 2. The molecule has 0 saturated heterocycles. The number of para-hydroxylation sites is 2. The minimum atomic E-state index is 0.0443. The van der Waals surface area contributed by atoms with E-state index in [1.54, 1.807) is 0 Å². The third kappa shape index (κ3) is 6.59. The van der Waals surface area contributed by atoms with Crippen LogP contribution >= 0.6 is 0 Å². The molecule has 196 valence electrons. The number of hydrogen-bond acceptors (Lipinski definition) is 6. The standard InChI is InChI=1S/C31H35N5O2/c1-36(2)30-27-13-6-7-14-28(27)34-31(35-30)33-24-17-15-22(16-18-24)21-32-29(37)20-23-9-8-12-26(19-23)38-25-10-4-3-5-11-25/h3-14,19,22,24H,15-18,20-21H2,1-2H3,(H,32,37)(H,33,34,35)/t22-,24+. The summed E-state index contributed by atoms with van der Waals surface area (Å²) in [5.41, 5.74) is 1.89. The lowest BCUT2D eigenvalue weighted by molar-refractivity contribution is -0.120. The minimum Gasteiger partial charge on any atom is -0.457 e. The van der Waals surface area contributed by atoms with E-state index < -0.39 is 0 Å². The Hall–Kier alpha value is -4.13. The minimum absolute atomic E-state index is 0.0443. The van der Waals surface area contributed by atoms with Crippen LogP contribution in [0.2, 0.25) is 0 Å². The molecule has 1 heterocycles. The van der Waals surface area contributed by atoms with Crippen LogP contribution in [0.25, 0.3) is 10.9 Å². The fraction of sp³-hybridized carbons (Fsp3) is 0.323. The highest BCUT2D eigenvalue weighted by atomic mass is 16.5. The largest absolute Gasteiger partial charge is 0.457 e. The predicted molar refractivity (Wildman–Crippen MR) is 153 cm³/mol. The van der Waals surface area contributed by atoms with E-state index in [0.29, 0.717) is 30.9 Å². The van der Waals surface area contributed by atoms with Gasteiger partial charge in [-0.25, -0.2) is 4.98 Å². The summed E-state index contributed by atoms with van der Waals surface area (Å²) >= 11 is 0. The van der Waals surface area contributed by atoms with Gasteiger partial charge in [-0.05, 0) is 73.6 Å². The topological polar surface area (TPSA) is 79.4 Å². The van der Waals surface area contributed by atoms with Gasteiger partial charge < -0.3 is 20.3 Å². The van der Waals surface area contributed by atoms with Crippen molar-refractivity contribution in [2.24, 2.45) is 5.92 Å². The van der Waals surface area contributed by atoms with E-state index >= 15 is 0 Å². The summed E-state index contributed by atoms with van der Waals surface area (Å²) in [5.74, 6) is 3.65. The molecular formula is C31H35N5O2. The molecular weight excluding hydrogens is 474 g/mol. The molecule has 3 aromatic carbocycles. The Morgan fingerprint density at radius 2 is 1.63 bits per heavy atom. The third-order valence-corrected chi connectivity index (χ3v) is 7.02. The lowest BCUT2D eigenvalue weighted by atomic mass is 9.86. The molecule has 0 atom stereocenters. The van der Waals surface area contributed by atoms with Crippen molar-refractivity contribution in [3.05, 3.63) is 84.4 Å². The van der Waals surface area contributed by atoms with Crippen LogP contribution in [0.15, 0.2) is 78.9 Å². The number of carbonyl (C=O) groups excluding carboxylic acids is 1. The molecule has 1 aliphatic rings. The molecule has 0 radical (unpaired) electrons. The fourth-order valence-corrected chi connectivity index (χ4v) is 5.01. The summed E-state index contributed by atoms with van der Waals surface area (Å²) < 4.78 is 5.90. The Kier molecular flexibility index (Phi) is 8.02. The summed E-state index contributed by atoms with van der Waals surface area (Å²) in [6.45, 7) is 0.711. The van der Waals surface area contributed by atoms with Gasteiger partial charge in [0.05, 0.1) is 11.9 Å². The molecule has 0 aliphatic heterocycles. The quantitative estimate of drug-likeness (QED) is 0.296. The number of amides is 1. The molecule has 0 unspecified atom stereocenters. The zero-order valence-electron chi connectivity index (χ0n) is 22.1. The first-order chi connectivity index (χ1) is 18.5. The molecule has 7 nitrogen and oxygen atoms in total. The van der Waals surface area contributed by atoms with Crippen LogP contribution in [0.1, 0.15) is 31.2 Å². The number of aromatic nitrogens is 2. The Balaban J connectivity index is 1.08. The van der Waals surface area contributed by atoms with Crippen LogP contribution in [0.5, 0.6) is 11.5 Å². The van der Waals surface area contributed by atoms with Crippen molar-refractivity contribution in [2.75, 3.05) is 30.9 Å². The maximum absolute atomic E-state index is 12.6. The van der Waals surface area contributed by atoms with Crippen LogP contribution in [0.3, 0.4) is 0 Å². The molecule has 0 spiro atoms. The molecule has 2 N–H and O–H groups in total. The van der Waals surface area contributed by atoms with Crippen LogP contribution in [0, 0.1) is 5.92 Å². The van der Waals surface area contributed by atoms with Crippen LogP contribution in [-0.4, -0.2) is 42.6 Å². The Morgan fingerprint density at radius 1 is 0.895 bits per heavy atom. The Morgan fingerprint density at radius 3 is 2.42 bits per heavy atom. The number of nitrogens with zero attached hydrogens (tertiary/aromatic N) is 3. The molecule has 1 aliphatic carbocycles.